The van der Waals surface area contributed by atoms with Gasteiger partial charge in [0.25, 0.3) is 0 Å². The van der Waals surface area contributed by atoms with Crippen LogP contribution in [0.5, 0.6) is 11.5 Å². The molecular weight excluding hydrogens is 209 g/mol. The lowest BCUT2D eigenvalue weighted by Crippen LogP contribution is -2.34. The Morgan fingerprint density at radius 3 is 2.75 bits per heavy atom. The van der Waals surface area contributed by atoms with E-state index >= 15 is 0 Å². The van der Waals surface area contributed by atoms with E-state index in [1.54, 1.807) is 12.1 Å². The maximum Gasteiger partial charge on any atom is 0.197 e. The van der Waals surface area contributed by atoms with Gasteiger partial charge in [0.15, 0.2) is 17.3 Å². The standard InChI is InChI=1S/C12H16FNO2/c1-15-11-4-2-3-10(13)12(11)16-9-5-7-14-8-6-9/h2-4,9,14H,5-8H2,1H3. The van der Waals surface area contributed by atoms with E-state index < -0.39 is 0 Å². The van der Waals surface area contributed by atoms with E-state index in [1.165, 1.54) is 13.2 Å². The van der Waals surface area contributed by atoms with Crippen molar-refractivity contribution in [1.29, 1.82) is 0 Å². The SMILES string of the molecule is COc1cccc(F)c1OC1CCNCC1. The normalized spacial score (nSPS) is 17.1. The van der Waals surface area contributed by atoms with Gasteiger partial charge >= 0.3 is 0 Å². The molecule has 1 aliphatic heterocycles. The zero-order chi connectivity index (χ0) is 11.4. The molecule has 0 unspecified atom stereocenters. The van der Waals surface area contributed by atoms with Gasteiger partial charge < -0.3 is 14.8 Å². The van der Waals surface area contributed by atoms with E-state index in [1.807, 2.05) is 0 Å². The van der Waals surface area contributed by atoms with Gasteiger partial charge in [-0.15, -0.1) is 0 Å². The monoisotopic (exact) mass is 225 g/mol. The molecule has 0 bridgehead atoms. The number of ether oxygens (including phenoxy) is 2. The molecule has 88 valence electrons. The van der Waals surface area contributed by atoms with Crippen LogP contribution in [-0.4, -0.2) is 26.3 Å². The van der Waals surface area contributed by atoms with Gasteiger partial charge in [-0.3, -0.25) is 0 Å². The molecule has 0 aliphatic carbocycles. The van der Waals surface area contributed by atoms with Crippen LogP contribution >= 0.6 is 0 Å². The Morgan fingerprint density at radius 1 is 1.31 bits per heavy atom. The van der Waals surface area contributed by atoms with E-state index in [2.05, 4.69) is 5.32 Å². The summed E-state index contributed by atoms with van der Waals surface area (Å²) < 4.78 is 24.3. The van der Waals surface area contributed by atoms with Crippen LogP contribution < -0.4 is 14.8 Å². The van der Waals surface area contributed by atoms with Crippen LogP contribution in [0, 0.1) is 5.82 Å². The highest BCUT2D eigenvalue weighted by Crippen LogP contribution is 2.31. The van der Waals surface area contributed by atoms with Crippen molar-refractivity contribution in [3.8, 4) is 11.5 Å². The third kappa shape index (κ3) is 2.44. The molecule has 0 amide bonds. The smallest absolute Gasteiger partial charge is 0.197 e. The average Bonchev–Trinajstić information content (AvgIpc) is 2.33. The van der Waals surface area contributed by atoms with Crippen LogP contribution in [0.2, 0.25) is 0 Å². The van der Waals surface area contributed by atoms with Gasteiger partial charge in [-0.25, -0.2) is 4.39 Å². The lowest BCUT2D eigenvalue weighted by Gasteiger charge is -2.24. The quantitative estimate of drug-likeness (QED) is 0.853. The minimum atomic E-state index is -0.363. The highest BCUT2D eigenvalue weighted by molar-refractivity contribution is 5.41. The number of para-hydroxylation sites is 1. The number of hydrogen-bond acceptors (Lipinski definition) is 3. The van der Waals surface area contributed by atoms with Crippen LogP contribution in [0.1, 0.15) is 12.8 Å². The zero-order valence-corrected chi connectivity index (χ0v) is 9.33. The molecule has 0 spiro atoms. The number of halogens is 1. The van der Waals surface area contributed by atoms with E-state index in [0.717, 1.165) is 25.9 Å². The maximum atomic E-state index is 13.6. The maximum absolute atomic E-state index is 13.6. The van der Waals surface area contributed by atoms with Gasteiger partial charge in [-0.05, 0) is 38.1 Å². The molecule has 0 aromatic heterocycles. The highest BCUT2D eigenvalue weighted by Gasteiger charge is 2.18. The van der Waals surface area contributed by atoms with Gasteiger partial charge in [0.2, 0.25) is 0 Å². The van der Waals surface area contributed by atoms with Crippen molar-refractivity contribution >= 4 is 0 Å². The van der Waals surface area contributed by atoms with E-state index in [0.29, 0.717) is 5.75 Å². The minimum absolute atomic E-state index is 0.0760. The predicted octanol–water partition coefficient (Wildman–Crippen LogP) is 1.97. The number of benzene rings is 1. The molecule has 1 fully saturated rings. The first-order valence-corrected chi connectivity index (χ1v) is 5.51. The third-order valence-electron chi connectivity index (χ3n) is 2.72. The molecule has 0 saturated carbocycles. The Hall–Kier alpha value is -1.29. The second kappa shape index (κ2) is 5.16. The fourth-order valence-corrected chi connectivity index (χ4v) is 1.84. The highest BCUT2D eigenvalue weighted by atomic mass is 19.1. The fraction of sp³-hybridized carbons (Fsp3) is 0.500. The summed E-state index contributed by atoms with van der Waals surface area (Å²) in [5.41, 5.74) is 0. The summed E-state index contributed by atoms with van der Waals surface area (Å²) in [6.07, 6.45) is 1.88. The lowest BCUT2D eigenvalue weighted by atomic mass is 10.1. The van der Waals surface area contributed by atoms with Gasteiger partial charge in [0.1, 0.15) is 6.10 Å². The first-order valence-electron chi connectivity index (χ1n) is 5.51. The lowest BCUT2D eigenvalue weighted by molar-refractivity contribution is 0.150. The van der Waals surface area contributed by atoms with Crippen molar-refractivity contribution in [3.63, 3.8) is 0 Å². The van der Waals surface area contributed by atoms with Gasteiger partial charge in [0, 0.05) is 0 Å². The molecule has 1 saturated heterocycles. The van der Waals surface area contributed by atoms with Gasteiger partial charge in [-0.2, -0.15) is 0 Å². The average molecular weight is 225 g/mol. The van der Waals surface area contributed by atoms with Crippen LogP contribution in [-0.2, 0) is 0 Å². The summed E-state index contributed by atoms with van der Waals surface area (Å²) in [4.78, 5) is 0. The van der Waals surface area contributed by atoms with Crippen LogP contribution in [0.25, 0.3) is 0 Å². The number of nitrogens with one attached hydrogen (secondary N) is 1. The number of rotatable bonds is 3. The summed E-state index contributed by atoms with van der Waals surface area (Å²) in [6.45, 7) is 1.84. The molecule has 1 heterocycles. The third-order valence-corrected chi connectivity index (χ3v) is 2.72. The van der Waals surface area contributed by atoms with Crippen molar-refractivity contribution in [3.05, 3.63) is 24.0 Å². The molecule has 2 rings (SSSR count). The van der Waals surface area contributed by atoms with Gasteiger partial charge in [-0.1, -0.05) is 6.07 Å². The molecule has 1 N–H and O–H groups in total. The van der Waals surface area contributed by atoms with Crippen LogP contribution in [0.4, 0.5) is 4.39 Å². The number of methoxy groups -OCH3 is 1. The van der Waals surface area contributed by atoms with E-state index in [4.69, 9.17) is 9.47 Å². The second-order valence-corrected chi connectivity index (χ2v) is 3.84. The van der Waals surface area contributed by atoms with Crippen LogP contribution in [0.3, 0.4) is 0 Å². The zero-order valence-electron chi connectivity index (χ0n) is 9.33. The number of hydrogen-bond donors (Lipinski definition) is 1. The topological polar surface area (TPSA) is 30.5 Å². The summed E-state index contributed by atoms with van der Waals surface area (Å²) in [5, 5.41) is 3.24. The minimum Gasteiger partial charge on any atom is -0.493 e. The molecule has 0 atom stereocenters. The fourth-order valence-electron chi connectivity index (χ4n) is 1.84. The summed E-state index contributed by atoms with van der Waals surface area (Å²) in [6, 6.07) is 4.71. The Bertz CT molecular complexity index is 351. The van der Waals surface area contributed by atoms with Crippen molar-refractivity contribution < 1.29 is 13.9 Å². The predicted molar refractivity (Wildman–Crippen MR) is 59.5 cm³/mol. The molecule has 3 nitrogen and oxygen atoms in total. The molecule has 0 radical (unpaired) electrons. The summed E-state index contributed by atoms with van der Waals surface area (Å²) in [5.74, 6) is 0.327. The Balaban J connectivity index is 2.12. The molecule has 16 heavy (non-hydrogen) atoms. The Labute approximate surface area is 94.6 Å². The van der Waals surface area contributed by atoms with Crippen molar-refractivity contribution in [2.75, 3.05) is 20.2 Å². The first kappa shape index (κ1) is 11.2. The Kier molecular flexibility index (Phi) is 3.62. The molecular formula is C12H16FNO2. The molecule has 1 aromatic rings. The van der Waals surface area contributed by atoms with E-state index in [-0.39, 0.29) is 17.7 Å². The van der Waals surface area contributed by atoms with E-state index in [9.17, 15) is 4.39 Å². The second-order valence-electron chi connectivity index (χ2n) is 3.84. The van der Waals surface area contributed by atoms with Crippen LogP contribution in [0.15, 0.2) is 18.2 Å². The summed E-state index contributed by atoms with van der Waals surface area (Å²) >= 11 is 0. The van der Waals surface area contributed by atoms with Crippen molar-refractivity contribution in [2.24, 2.45) is 0 Å². The number of piperidine rings is 1. The van der Waals surface area contributed by atoms with Crippen molar-refractivity contribution in [1.82, 2.24) is 5.32 Å². The molecule has 4 heteroatoms. The van der Waals surface area contributed by atoms with Gasteiger partial charge in [0.05, 0.1) is 7.11 Å². The first-order chi connectivity index (χ1) is 7.81. The Morgan fingerprint density at radius 2 is 2.06 bits per heavy atom. The largest absolute Gasteiger partial charge is 0.493 e. The molecule has 1 aliphatic rings. The summed E-state index contributed by atoms with van der Waals surface area (Å²) in [7, 11) is 1.52. The van der Waals surface area contributed by atoms with Crippen molar-refractivity contribution in [2.45, 2.75) is 18.9 Å². The molecule has 1 aromatic carbocycles.